The van der Waals surface area contributed by atoms with Gasteiger partial charge in [0.2, 0.25) is 0 Å². The second-order valence-corrected chi connectivity index (χ2v) is 9.47. The van der Waals surface area contributed by atoms with Crippen molar-refractivity contribution in [2.24, 2.45) is 5.92 Å². The lowest BCUT2D eigenvalue weighted by Crippen LogP contribution is -2.20. The Balaban J connectivity index is 1.52. The Hall–Kier alpha value is -2.65. The first-order chi connectivity index (χ1) is 15.0. The third-order valence-electron chi connectivity index (χ3n) is 6.11. The smallest absolute Gasteiger partial charge is 0.165 e. The molecule has 1 fully saturated rings. The van der Waals surface area contributed by atoms with E-state index >= 15 is 0 Å². The van der Waals surface area contributed by atoms with Gasteiger partial charge in [0.15, 0.2) is 5.65 Å². The van der Waals surface area contributed by atoms with Crippen LogP contribution in [0.4, 0.5) is 5.82 Å². The molecule has 1 aliphatic rings. The molecule has 0 unspecified atom stereocenters. The topological polar surface area (TPSA) is 99.1 Å². The molecule has 1 saturated carbocycles. The van der Waals surface area contributed by atoms with Gasteiger partial charge in [0, 0.05) is 34.5 Å². The summed E-state index contributed by atoms with van der Waals surface area (Å²) in [6.45, 7) is 1.69. The SMILES string of the molecule is CC(=O)C1CCC(c2nc3c(-c4ccc(-c5cscn5)nc4)cnn3c(N)c2Br)CC1. The van der Waals surface area contributed by atoms with Crippen molar-refractivity contribution < 1.29 is 4.79 Å². The number of nitrogens with two attached hydrogens (primary N) is 1. The zero-order valence-electron chi connectivity index (χ0n) is 17.0. The molecule has 0 spiro atoms. The molecule has 0 aliphatic heterocycles. The summed E-state index contributed by atoms with van der Waals surface area (Å²) >= 11 is 5.19. The Morgan fingerprint density at radius 1 is 1.16 bits per heavy atom. The van der Waals surface area contributed by atoms with Crippen LogP contribution in [-0.2, 0) is 4.79 Å². The second kappa shape index (κ2) is 8.12. The molecule has 9 heteroatoms. The lowest BCUT2D eigenvalue weighted by molar-refractivity contribution is -0.121. The highest BCUT2D eigenvalue weighted by molar-refractivity contribution is 9.10. The number of pyridine rings is 1. The minimum absolute atomic E-state index is 0.170. The Kier molecular flexibility index (Phi) is 5.31. The van der Waals surface area contributed by atoms with Crippen LogP contribution in [0.3, 0.4) is 0 Å². The van der Waals surface area contributed by atoms with Gasteiger partial charge in [0.05, 0.1) is 33.3 Å². The number of hydrogen-bond donors (Lipinski definition) is 1. The monoisotopic (exact) mass is 496 g/mol. The van der Waals surface area contributed by atoms with Crippen LogP contribution < -0.4 is 5.73 Å². The lowest BCUT2D eigenvalue weighted by Gasteiger charge is -2.27. The predicted octanol–water partition coefficient (Wildman–Crippen LogP) is 5.12. The number of Topliss-reactive ketones (excluding diaryl/α,β-unsaturated/α-hetero) is 1. The number of carbonyl (C=O) groups is 1. The molecule has 0 aromatic carbocycles. The highest BCUT2D eigenvalue weighted by Crippen LogP contribution is 2.40. The summed E-state index contributed by atoms with van der Waals surface area (Å²) in [5.74, 6) is 1.26. The number of halogens is 1. The van der Waals surface area contributed by atoms with Crippen molar-refractivity contribution in [3.05, 3.63) is 45.6 Å². The molecule has 1 aliphatic carbocycles. The van der Waals surface area contributed by atoms with Crippen molar-refractivity contribution in [3.8, 4) is 22.5 Å². The largest absolute Gasteiger partial charge is 0.383 e. The molecule has 7 nitrogen and oxygen atoms in total. The van der Waals surface area contributed by atoms with Crippen molar-refractivity contribution in [1.82, 2.24) is 24.6 Å². The summed E-state index contributed by atoms with van der Waals surface area (Å²) in [7, 11) is 0. The van der Waals surface area contributed by atoms with Gasteiger partial charge in [0.1, 0.15) is 11.6 Å². The summed E-state index contributed by atoms with van der Waals surface area (Å²) in [4.78, 5) is 25.6. The van der Waals surface area contributed by atoms with Crippen LogP contribution in [0.1, 0.15) is 44.2 Å². The average molecular weight is 497 g/mol. The number of ketones is 1. The lowest BCUT2D eigenvalue weighted by atomic mass is 9.79. The van der Waals surface area contributed by atoms with E-state index in [1.807, 2.05) is 23.7 Å². The number of aromatic nitrogens is 5. The molecule has 5 rings (SSSR count). The van der Waals surface area contributed by atoms with E-state index in [0.29, 0.717) is 11.5 Å². The van der Waals surface area contributed by atoms with Gasteiger partial charge in [-0.2, -0.15) is 9.61 Å². The Morgan fingerprint density at radius 2 is 1.97 bits per heavy atom. The summed E-state index contributed by atoms with van der Waals surface area (Å²) in [5.41, 5.74) is 13.4. The van der Waals surface area contributed by atoms with E-state index in [0.717, 1.165) is 58.4 Å². The van der Waals surface area contributed by atoms with Crippen LogP contribution in [-0.4, -0.2) is 30.3 Å². The van der Waals surface area contributed by atoms with Crippen LogP contribution >= 0.6 is 27.3 Å². The van der Waals surface area contributed by atoms with E-state index in [4.69, 9.17) is 10.7 Å². The van der Waals surface area contributed by atoms with Crippen molar-refractivity contribution in [2.75, 3.05) is 5.73 Å². The van der Waals surface area contributed by atoms with Gasteiger partial charge in [-0.25, -0.2) is 9.97 Å². The second-order valence-electron chi connectivity index (χ2n) is 7.95. The molecule has 4 heterocycles. The molecule has 0 saturated heterocycles. The first-order valence-electron chi connectivity index (χ1n) is 10.2. The van der Waals surface area contributed by atoms with E-state index in [1.54, 1.807) is 34.5 Å². The molecule has 2 N–H and O–H groups in total. The molecular weight excluding hydrogens is 476 g/mol. The summed E-state index contributed by atoms with van der Waals surface area (Å²) < 4.78 is 2.45. The first kappa shape index (κ1) is 20.3. The number of thiazole rings is 1. The molecule has 4 aromatic heterocycles. The first-order valence-corrected chi connectivity index (χ1v) is 11.9. The van der Waals surface area contributed by atoms with Crippen molar-refractivity contribution in [3.63, 3.8) is 0 Å². The summed E-state index contributed by atoms with van der Waals surface area (Å²) in [6.07, 6.45) is 7.25. The fraction of sp³-hybridized carbons (Fsp3) is 0.318. The molecule has 0 amide bonds. The zero-order chi connectivity index (χ0) is 21.5. The van der Waals surface area contributed by atoms with Crippen LogP contribution in [0.2, 0.25) is 0 Å². The standard InChI is InChI=1S/C22H21BrN6OS/c1-12(30)13-2-4-14(5-3-13)20-19(23)21(24)29-22(28-20)16(9-27-29)15-6-7-17(25-8-15)18-10-31-11-26-18/h6-11,13-14H,2-5,24H2,1H3. The molecule has 0 bridgehead atoms. The Bertz CT molecular complexity index is 1240. The van der Waals surface area contributed by atoms with Crippen molar-refractivity contribution in [2.45, 2.75) is 38.5 Å². The van der Waals surface area contributed by atoms with E-state index in [1.165, 1.54) is 0 Å². The predicted molar refractivity (Wildman–Crippen MR) is 125 cm³/mol. The number of nitrogens with zero attached hydrogens (tertiary/aromatic N) is 5. The highest BCUT2D eigenvalue weighted by atomic mass is 79.9. The number of anilines is 1. The number of hydrogen-bond acceptors (Lipinski definition) is 7. The van der Waals surface area contributed by atoms with Crippen LogP contribution in [0, 0.1) is 5.92 Å². The van der Waals surface area contributed by atoms with Gasteiger partial charge in [-0.3, -0.25) is 9.78 Å². The van der Waals surface area contributed by atoms with Gasteiger partial charge in [-0.05, 0) is 54.6 Å². The van der Waals surface area contributed by atoms with Gasteiger partial charge < -0.3 is 5.73 Å². The van der Waals surface area contributed by atoms with Crippen LogP contribution in [0.25, 0.3) is 28.2 Å². The summed E-state index contributed by atoms with van der Waals surface area (Å²) in [6, 6.07) is 3.97. The molecule has 0 atom stereocenters. The van der Waals surface area contributed by atoms with Gasteiger partial charge >= 0.3 is 0 Å². The van der Waals surface area contributed by atoms with E-state index < -0.39 is 0 Å². The Labute approximate surface area is 191 Å². The number of carbonyl (C=O) groups excluding carboxylic acids is 1. The van der Waals surface area contributed by atoms with Crippen LogP contribution in [0.5, 0.6) is 0 Å². The minimum Gasteiger partial charge on any atom is -0.383 e. The van der Waals surface area contributed by atoms with Crippen molar-refractivity contribution >= 4 is 44.5 Å². The fourth-order valence-corrected chi connectivity index (χ4v) is 5.43. The maximum atomic E-state index is 11.7. The highest BCUT2D eigenvalue weighted by Gasteiger charge is 2.29. The molecular formula is C22H21BrN6OS. The molecule has 158 valence electrons. The Morgan fingerprint density at radius 3 is 2.61 bits per heavy atom. The summed E-state index contributed by atoms with van der Waals surface area (Å²) in [5, 5.41) is 6.44. The third-order valence-corrected chi connectivity index (χ3v) is 7.51. The third kappa shape index (κ3) is 3.65. The zero-order valence-corrected chi connectivity index (χ0v) is 19.4. The maximum Gasteiger partial charge on any atom is 0.165 e. The molecule has 31 heavy (non-hydrogen) atoms. The molecule has 4 aromatic rings. The van der Waals surface area contributed by atoms with Crippen molar-refractivity contribution in [1.29, 1.82) is 0 Å². The van der Waals surface area contributed by atoms with Gasteiger partial charge in [-0.1, -0.05) is 6.07 Å². The van der Waals surface area contributed by atoms with Crippen LogP contribution in [0.15, 0.2) is 39.9 Å². The van der Waals surface area contributed by atoms with Gasteiger partial charge in [-0.15, -0.1) is 11.3 Å². The quantitative estimate of drug-likeness (QED) is 0.420. The number of fused-ring (bicyclic) bond motifs is 1. The minimum atomic E-state index is 0.170. The number of rotatable bonds is 4. The normalized spacial score (nSPS) is 19.0. The average Bonchev–Trinajstić information content (AvgIpc) is 3.47. The molecule has 0 radical (unpaired) electrons. The van der Waals surface area contributed by atoms with Gasteiger partial charge in [0.25, 0.3) is 0 Å². The maximum absolute atomic E-state index is 11.7. The van der Waals surface area contributed by atoms with E-state index in [2.05, 4.69) is 31.0 Å². The number of nitrogen functional groups attached to an aromatic ring is 1. The van der Waals surface area contributed by atoms with E-state index in [-0.39, 0.29) is 17.6 Å². The van der Waals surface area contributed by atoms with E-state index in [9.17, 15) is 4.79 Å². The fourth-order valence-electron chi connectivity index (χ4n) is 4.30.